The fourth-order valence-electron chi connectivity index (χ4n) is 3.77. The van der Waals surface area contributed by atoms with Crippen molar-refractivity contribution in [1.82, 2.24) is 4.90 Å². The zero-order chi connectivity index (χ0) is 15.7. The number of anilines is 1. The smallest absolute Gasteiger partial charge is 0.244 e. The van der Waals surface area contributed by atoms with Gasteiger partial charge in [0, 0.05) is 12.6 Å². The zero-order valence-electron chi connectivity index (χ0n) is 13.2. The van der Waals surface area contributed by atoms with Gasteiger partial charge in [0.2, 0.25) is 5.91 Å². The minimum absolute atomic E-state index is 0.103. The predicted molar refractivity (Wildman–Crippen MR) is 85.1 cm³/mol. The van der Waals surface area contributed by atoms with E-state index in [9.17, 15) is 9.90 Å². The summed E-state index contributed by atoms with van der Waals surface area (Å²) in [7, 11) is 1.63. The maximum absolute atomic E-state index is 12.9. The molecule has 2 fully saturated rings. The molecule has 2 aliphatic heterocycles. The van der Waals surface area contributed by atoms with Crippen molar-refractivity contribution in [3.05, 3.63) is 24.3 Å². The molecule has 1 amide bonds. The SMILES string of the molecule is COc1ccccc1N1CCC(N2CCC(C)C2CO)C1=O. The van der Waals surface area contributed by atoms with Gasteiger partial charge in [-0.05, 0) is 37.4 Å². The monoisotopic (exact) mass is 304 g/mol. The molecule has 1 N–H and O–H groups in total. The number of carbonyl (C=O) groups excluding carboxylic acids is 1. The number of carbonyl (C=O) groups is 1. The molecular formula is C17H24N2O3. The Labute approximate surface area is 131 Å². The lowest BCUT2D eigenvalue weighted by atomic mass is 10.0. The minimum Gasteiger partial charge on any atom is -0.495 e. The van der Waals surface area contributed by atoms with Gasteiger partial charge >= 0.3 is 0 Å². The first kappa shape index (κ1) is 15.3. The van der Waals surface area contributed by atoms with Gasteiger partial charge in [-0.3, -0.25) is 9.69 Å². The first-order chi connectivity index (χ1) is 10.7. The molecule has 5 nitrogen and oxygen atoms in total. The quantitative estimate of drug-likeness (QED) is 0.916. The van der Waals surface area contributed by atoms with Crippen LogP contribution in [0.2, 0.25) is 0 Å². The van der Waals surface area contributed by atoms with Crippen LogP contribution >= 0.6 is 0 Å². The third kappa shape index (κ3) is 2.48. The number of benzene rings is 1. The molecule has 0 saturated carbocycles. The number of aliphatic hydroxyl groups is 1. The third-order valence-electron chi connectivity index (χ3n) is 5.07. The lowest BCUT2D eigenvalue weighted by molar-refractivity contribution is -0.122. The van der Waals surface area contributed by atoms with E-state index in [1.165, 1.54) is 0 Å². The summed E-state index contributed by atoms with van der Waals surface area (Å²) in [5, 5.41) is 9.63. The molecule has 0 spiro atoms. The number of methoxy groups -OCH3 is 1. The van der Waals surface area contributed by atoms with Gasteiger partial charge in [-0.15, -0.1) is 0 Å². The van der Waals surface area contributed by atoms with Crippen LogP contribution in [0.1, 0.15) is 19.8 Å². The van der Waals surface area contributed by atoms with Crippen LogP contribution < -0.4 is 9.64 Å². The summed E-state index contributed by atoms with van der Waals surface area (Å²) in [6.45, 7) is 3.87. The molecule has 2 aliphatic rings. The third-order valence-corrected chi connectivity index (χ3v) is 5.07. The van der Waals surface area contributed by atoms with Crippen molar-refractivity contribution in [2.24, 2.45) is 5.92 Å². The van der Waals surface area contributed by atoms with Gasteiger partial charge in [-0.2, -0.15) is 0 Å². The van der Waals surface area contributed by atoms with Crippen LogP contribution in [0, 0.1) is 5.92 Å². The zero-order valence-corrected chi connectivity index (χ0v) is 13.2. The molecule has 120 valence electrons. The molecule has 3 rings (SSSR count). The van der Waals surface area contributed by atoms with E-state index in [2.05, 4.69) is 11.8 Å². The number of amides is 1. The molecule has 22 heavy (non-hydrogen) atoms. The molecule has 0 aromatic heterocycles. The normalized spacial score (nSPS) is 29.3. The highest BCUT2D eigenvalue weighted by molar-refractivity contribution is 6.00. The molecule has 1 aromatic carbocycles. The van der Waals surface area contributed by atoms with Crippen molar-refractivity contribution in [2.75, 3.05) is 31.7 Å². The Bertz CT molecular complexity index is 548. The number of hydrogen-bond donors (Lipinski definition) is 1. The number of nitrogens with zero attached hydrogens (tertiary/aromatic N) is 2. The van der Waals surface area contributed by atoms with Crippen molar-refractivity contribution >= 4 is 11.6 Å². The van der Waals surface area contributed by atoms with E-state index in [0.717, 1.165) is 30.8 Å². The lowest BCUT2D eigenvalue weighted by Crippen LogP contribution is -2.46. The maximum atomic E-state index is 12.9. The highest BCUT2D eigenvalue weighted by Gasteiger charge is 2.43. The summed E-state index contributed by atoms with van der Waals surface area (Å²) < 4.78 is 5.38. The first-order valence-corrected chi connectivity index (χ1v) is 7.98. The number of rotatable bonds is 4. The van der Waals surface area contributed by atoms with E-state index in [1.54, 1.807) is 7.11 Å². The van der Waals surface area contributed by atoms with Crippen LogP contribution in [-0.4, -0.2) is 54.8 Å². The average molecular weight is 304 g/mol. The molecule has 0 radical (unpaired) electrons. The van der Waals surface area contributed by atoms with Gasteiger partial charge in [0.1, 0.15) is 5.75 Å². The van der Waals surface area contributed by atoms with Crippen LogP contribution in [0.15, 0.2) is 24.3 Å². The molecule has 1 aromatic rings. The van der Waals surface area contributed by atoms with Gasteiger partial charge in [0.15, 0.2) is 0 Å². The summed E-state index contributed by atoms with van der Waals surface area (Å²) in [5.74, 6) is 1.29. The summed E-state index contributed by atoms with van der Waals surface area (Å²) >= 11 is 0. The van der Waals surface area contributed by atoms with Crippen molar-refractivity contribution in [3.8, 4) is 5.75 Å². The van der Waals surface area contributed by atoms with Crippen molar-refractivity contribution in [1.29, 1.82) is 0 Å². The number of para-hydroxylation sites is 2. The Kier molecular flexibility index (Phi) is 4.36. The minimum atomic E-state index is -0.119. The van der Waals surface area contributed by atoms with Crippen molar-refractivity contribution in [2.45, 2.75) is 31.8 Å². The van der Waals surface area contributed by atoms with Crippen LogP contribution in [-0.2, 0) is 4.79 Å². The lowest BCUT2D eigenvalue weighted by Gasteiger charge is -2.30. The van der Waals surface area contributed by atoms with Crippen LogP contribution in [0.3, 0.4) is 0 Å². The topological polar surface area (TPSA) is 53.0 Å². The Morgan fingerprint density at radius 1 is 1.27 bits per heavy atom. The molecule has 3 unspecified atom stereocenters. The number of hydrogen-bond acceptors (Lipinski definition) is 4. The van der Waals surface area contributed by atoms with Crippen LogP contribution in [0.25, 0.3) is 0 Å². The Morgan fingerprint density at radius 3 is 2.77 bits per heavy atom. The van der Waals surface area contributed by atoms with Gasteiger partial charge in [0.25, 0.3) is 0 Å². The number of likely N-dealkylation sites (tertiary alicyclic amines) is 1. The van der Waals surface area contributed by atoms with Crippen molar-refractivity contribution in [3.63, 3.8) is 0 Å². The Morgan fingerprint density at radius 2 is 2.05 bits per heavy atom. The average Bonchev–Trinajstić information content (AvgIpc) is 3.09. The van der Waals surface area contributed by atoms with E-state index < -0.39 is 0 Å². The Hall–Kier alpha value is -1.59. The molecule has 2 saturated heterocycles. The van der Waals surface area contributed by atoms with Crippen LogP contribution in [0.5, 0.6) is 5.75 Å². The molecule has 0 bridgehead atoms. The highest BCUT2D eigenvalue weighted by Crippen LogP contribution is 2.35. The van der Waals surface area contributed by atoms with E-state index in [-0.39, 0.29) is 24.6 Å². The van der Waals surface area contributed by atoms with Crippen LogP contribution in [0.4, 0.5) is 5.69 Å². The van der Waals surface area contributed by atoms with E-state index in [4.69, 9.17) is 4.74 Å². The fourth-order valence-corrected chi connectivity index (χ4v) is 3.77. The first-order valence-electron chi connectivity index (χ1n) is 7.98. The Balaban J connectivity index is 1.81. The van der Waals surface area contributed by atoms with Gasteiger partial charge in [-0.1, -0.05) is 19.1 Å². The van der Waals surface area contributed by atoms with Gasteiger partial charge in [0.05, 0.1) is 25.4 Å². The second-order valence-electron chi connectivity index (χ2n) is 6.22. The molecular weight excluding hydrogens is 280 g/mol. The molecule has 0 aliphatic carbocycles. The molecule has 3 atom stereocenters. The number of ether oxygens (including phenoxy) is 1. The highest BCUT2D eigenvalue weighted by atomic mass is 16.5. The predicted octanol–water partition coefficient (Wildman–Crippen LogP) is 1.50. The van der Waals surface area contributed by atoms with Gasteiger partial charge < -0.3 is 14.7 Å². The number of aliphatic hydroxyl groups excluding tert-OH is 1. The maximum Gasteiger partial charge on any atom is 0.244 e. The van der Waals surface area contributed by atoms with Gasteiger partial charge in [-0.25, -0.2) is 0 Å². The fraction of sp³-hybridized carbons (Fsp3) is 0.588. The van der Waals surface area contributed by atoms with Crippen molar-refractivity contribution < 1.29 is 14.6 Å². The summed E-state index contributed by atoms with van der Waals surface area (Å²) in [6, 6.07) is 7.62. The van der Waals surface area contributed by atoms with E-state index in [1.807, 2.05) is 29.2 Å². The van der Waals surface area contributed by atoms with E-state index >= 15 is 0 Å². The second kappa shape index (κ2) is 6.26. The van der Waals surface area contributed by atoms with E-state index in [0.29, 0.717) is 12.5 Å². The largest absolute Gasteiger partial charge is 0.495 e. The standard InChI is InChI=1S/C17H24N2O3/c1-12-7-9-18(15(12)11-20)14-8-10-19(17(14)21)13-5-3-4-6-16(13)22-2/h3-6,12,14-15,20H,7-11H2,1-2H3. The summed E-state index contributed by atoms with van der Waals surface area (Å²) in [5.41, 5.74) is 0.838. The molecule has 5 heteroatoms. The molecule has 2 heterocycles. The second-order valence-corrected chi connectivity index (χ2v) is 6.22. The summed E-state index contributed by atoms with van der Waals surface area (Å²) in [4.78, 5) is 16.9. The summed E-state index contributed by atoms with van der Waals surface area (Å²) in [6.07, 6.45) is 1.85.